The van der Waals surface area contributed by atoms with E-state index >= 15 is 0 Å². The second-order valence-corrected chi connectivity index (χ2v) is 4.64. The molecule has 2 aromatic rings. The fraction of sp³-hybridized carbons (Fsp3) is 0.214. The van der Waals surface area contributed by atoms with Gasteiger partial charge in [-0.1, -0.05) is 23.7 Å². The zero-order chi connectivity index (χ0) is 13.1. The highest BCUT2D eigenvalue weighted by Crippen LogP contribution is 2.25. The molecule has 0 amide bonds. The van der Waals surface area contributed by atoms with Crippen LogP contribution in [0.3, 0.4) is 0 Å². The number of pyridine rings is 1. The van der Waals surface area contributed by atoms with Crippen LogP contribution in [-0.2, 0) is 6.54 Å². The van der Waals surface area contributed by atoms with Crippen LogP contribution in [0.15, 0.2) is 36.5 Å². The minimum Gasteiger partial charge on any atom is -0.329 e. The molecule has 0 aliphatic heterocycles. The van der Waals surface area contributed by atoms with Crippen LogP contribution in [0.1, 0.15) is 11.1 Å². The monoisotopic (exact) mass is 261 g/mol. The van der Waals surface area contributed by atoms with Crippen LogP contribution in [0.2, 0.25) is 5.02 Å². The first-order valence-electron chi connectivity index (χ1n) is 5.76. The molecular formula is C14H16ClN3. The Morgan fingerprint density at radius 3 is 2.78 bits per heavy atom. The van der Waals surface area contributed by atoms with Gasteiger partial charge in [0.1, 0.15) is 5.82 Å². The summed E-state index contributed by atoms with van der Waals surface area (Å²) in [6.07, 6.45) is 1.64. The second kappa shape index (κ2) is 5.38. The highest BCUT2D eigenvalue weighted by atomic mass is 35.5. The Balaban J connectivity index is 2.36. The number of aryl methyl sites for hydroxylation is 1. The molecule has 2 rings (SSSR count). The number of halogens is 1. The molecule has 1 aromatic carbocycles. The summed E-state index contributed by atoms with van der Waals surface area (Å²) in [5.74, 6) is 0.838. The van der Waals surface area contributed by atoms with Gasteiger partial charge in [-0.2, -0.15) is 0 Å². The van der Waals surface area contributed by atoms with Crippen molar-refractivity contribution in [3.63, 3.8) is 0 Å². The average molecular weight is 262 g/mol. The van der Waals surface area contributed by atoms with Gasteiger partial charge in [0.15, 0.2) is 0 Å². The maximum atomic E-state index is 6.01. The van der Waals surface area contributed by atoms with Gasteiger partial charge in [0.05, 0.1) is 5.02 Å². The summed E-state index contributed by atoms with van der Waals surface area (Å²) in [6, 6.07) is 10.2. The van der Waals surface area contributed by atoms with E-state index in [0.29, 0.717) is 11.6 Å². The first-order valence-corrected chi connectivity index (χ1v) is 6.14. The van der Waals surface area contributed by atoms with Gasteiger partial charge >= 0.3 is 0 Å². The third-order valence-corrected chi connectivity index (χ3v) is 3.21. The van der Waals surface area contributed by atoms with Crippen molar-refractivity contribution in [1.82, 2.24) is 4.98 Å². The van der Waals surface area contributed by atoms with E-state index in [4.69, 9.17) is 17.3 Å². The van der Waals surface area contributed by atoms with E-state index in [0.717, 1.165) is 17.1 Å². The quantitative estimate of drug-likeness (QED) is 0.922. The van der Waals surface area contributed by atoms with Gasteiger partial charge in [-0.25, -0.2) is 4.98 Å². The molecule has 1 aromatic heterocycles. The van der Waals surface area contributed by atoms with Crippen LogP contribution in [0.4, 0.5) is 11.5 Å². The van der Waals surface area contributed by atoms with Gasteiger partial charge in [0, 0.05) is 25.5 Å². The normalized spacial score (nSPS) is 10.4. The van der Waals surface area contributed by atoms with Crippen molar-refractivity contribution in [3.8, 4) is 0 Å². The van der Waals surface area contributed by atoms with Gasteiger partial charge in [0.2, 0.25) is 0 Å². The van der Waals surface area contributed by atoms with Crippen molar-refractivity contribution in [2.75, 3.05) is 11.9 Å². The molecule has 4 heteroatoms. The molecule has 0 unspecified atom stereocenters. The van der Waals surface area contributed by atoms with Crippen molar-refractivity contribution in [1.29, 1.82) is 0 Å². The van der Waals surface area contributed by atoms with Gasteiger partial charge in [0.25, 0.3) is 0 Å². The van der Waals surface area contributed by atoms with Crippen molar-refractivity contribution in [2.45, 2.75) is 13.5 Å². The number of rotatable bonds is 3. The summed E-state index contributed by atoms with van der Waals surface area (Å²) < 4.78 is 0. The van der Waals surface area contributed by atoms with Crippen LogP contribution in [0.5, 0.6) is 0 Å². The summed E-state index contributed by atoms with van der Waals surface area (Å²) in [4.78, 5) is 6.35. The van der Waals surface area contributed by atoms with Crippen LogP contribution in [0.25, 0.3) is 0 Å². The molecule has 0 bridgehead atoms. The third kappa shape index (κ3) is 2.63. The number of hydrogen-bond donors (Lipinski definition) is 1. The maximum Gasteiger partial charge on any atom is 0.133 e. The number of benzene rings is 1. The van der Waals surface area contributed by atoms with E-state index in [-0.39, 0.29) is 0 Å². The van der Waals surface area contributed by atoms with Crippen molar-refractivity contribution in [3.05, 3.63) is 52.7 Å². The fourth-order valence-corrected chi connectivity index (χ4v) is 1.96. The smallest absolute Gasteiger partial charge is 0.133 e. The van der Waals surface area contributed by atoms with E-state index in [1.165, 1.54) is 5.56 Å². The van der Waals surface area contributed by atoms with Crippen molar-refractivity contribution < 1.29 is 0 Å². The van der Waals surface area contributed by atoms with E-state index in [1.807, 2.05) is 30.1 Å². The molecule has 0 saturated heterocycles. The molecule has 0 atom stereocenters. The van der Waals surface area contributed by atoms with Crippen molar-refractivity contribution >= 4 is 23.1 Å². The Hall–Kier alpha value is -1.58. The Morgan fingerprint density at radius 2 is 2.11 bits per heavy atom. The number of hydrogen-bond acceptors (Lipinski definition) is 3. The zero-order valence-corrected chi connectivity index (χ0v) is 11.3. The summed E-state index contributed by atoms with van der Waals surface area (Å²) in [7, 11) is 1.98. The Morgan fingerprint density at radius 1 is 1.33 bits per heavy atom. The third-order valence-electron chi connectivity index (χ3n) is 2.87. The van der Waals surface area contributed by atoms with E-state index in [2.05, 4.69) is 24.0 Å². The summed E-state index contributed by atoms with van der Waals surface area (Å²) >= 11 is 6.01. The SMILES string of the molecule is Cc1cccc(N(C)c2cc(CN)c(Cl)cn2)c1. The first kappa shape index (κ1) is 12.9. The van der Waals surface area contributed by atoms with Gasteiger partial charge in [-0.15, -0.1) is 0 Å². The topological polar surface area (TPSA) is 42.1 Å². The lowest BCUT2D eigenvalue weighted by Crippen LogP contribution is -2.12. The largest absolute Gasteiger partial charge is 0.329 e. The minimum atomic E-state index is 0.413. The fourth-order valence-electron chi connectivity index (χ4n) is 1.78. The summed E-state index contributed by atoms with van der Waals surface area (Å²) in [5.41, 5.74) is 8.86. The number of anilines is 2. The Bertz CT molecular complexity index is 554. The highest BCUT2D eigenvalue weighted by molar-refractivity contribution is 6.31. The number of aromatic nitrogens is 1. The standard InChI is InChI=1S/C14H16ClN3/c1-10-4-3-5-12(6-10)18(2)14-7-11(8-16)13(15)9-17-14/h3-7,9H,8,16H2,1-2H3. The van der Waals surface area contributed by atoms with Gasteiger partial charge in [-0.3, -0.25) is 0 Å². The average Bonchev–Trinajstić information content (AvgIpc) is 2.38. The van der Waals surface area contributed by atoms with Gasteiger partial charge in [-0.05, 0) is 36.2 Å². The molecule has 3 nitrogen and oxygen atoms in total. The van der Waals surface area contributed by atoms with Crippen molar-refractivity contribution in [2.24, 2.45) is 5.73 Å². The molecule has 2 N–H and O–H groups in total. The first-order chi connectivity index (χ1) is 8.61. The van der Waals surface area contributed by atoms with Crippen LogP contribution in [-0.4, -0.2) is 12.0 Å². The molecule has 94 valence electrons. The summed E-state index contributed by atoms with van der Waals surface area (Å²) in [5, 5.41) is 0.610. The lowest BCUT2D eigenvalue weighted by Gasteiger charge is -2.19. The maximum absolute atomic E-state index is 6.01. The van der Waals surface area contributed by atoms with E-state index < -0.39 is 0 Å². The van der Waals surface area contributed by atoms with E-state index in [1.54, 1.807) is 6.20 Å². The highest BCUT2D eigenvalue weighted by Gasteiger charge is 2.08. The molecule has 0 aliphatic carbocycles. The molecule has 0 fully saturated rings. The summed E-state index contributed by atoms with van der Waals surface area (Å²) in [6.45, 7) is 2.48. The molecule has 18 heavy (non-hydrogen) atoms. The predicted molar refractivity (Wildman–Crippen MR) is 76.4 cm³/mol. The molecule has 0 saturated carbocycles. The molecule has 0 spiro atoms. The lowest BCUT2D eigenvalue weighted by molar-refractivity contribution is 1.04. The van der Waals surface area contributed by atoms with Gasteiger partial charge < -0.3 is 10.6 Å². The molecule has 0 radical (unpaired) electrons. The minimum absolute atomic E-state index is 0.413. The predicted octanol–water partition coefficient (Wildman–Crippen LogP) is 3.27. The molecular weight excluding hydrogens is 246 g/mol. The lowest BCUT2D eigenvalue weighted by atomic mass is 10.2. The number of nitrogens with zero attached hydrogens (tertiary/aromatic N) is 2. The Kier molecular flexibility index (Phi) is 3.84. The van der Waals surface area contributed by atoms with Crippen LogP contribution >= 0.6 is 11.6 Å². The molecule has 1 heterocycles. The number of nitrogens with two attached hydrogens (primary N) is 1. The Labute approximate surface area is 112 Å². The van der Waals surface area contributed by atoms with Crippen LogP contribution in [0, 0.1) is 6.92 Å². The van der Waals surface area contributed by atoms with E-state index in [9.17, 15) is 0 Å². The second-order valence-electron chi connectivity index (χ2n) is 4.24. The zero-order valence-electron chi connectivity index (χ0n) is 10.5. The van der Waals surface area contributed by atoms with Crippen LogP contribution < -0.4 is 10.6 Å². The molecule has 0 aliphatic rings.